The highest BCUT2D eigenvalue weighted by atomic mass is 19.4. The number of methoxy groups -OCH3 is 1. The Morgan fingerprint density at radius 2 is 2.18 bits per heavy atom. The van der Waals surface area contributed by atoms with Crippen LogP contribution in [0.25, 0.3) is 0 Å². The van der Waals surface area contributed by atoms with Crippen LogP contribution in [0, 0.1) is 5.92 Å². The zero-order chi connectivity index (χ0) is 13.3. The molecule has 0 bridgehead atoms. The first-order valence-corrected chi connectivity index (χ1v) is 4.78. The molecule has 2 atom stereocenters. The van der Waals surface area contributed by atoms with Gasteiger partial charge in [0.05, 0.1) is 13.0 Å². The van der Waals surface area contributed by atoms with Crippen LogP contribution in [0.1, 0.15) is 13.3 Å². The zero-order valence-corrected chi connectivity index (χ0v) is 9.21. The molecule has 4 nitrogen and oxygen atoms in total. The van der Waals surface area contributed by atoms with Gasteiger partial charge in [0.15, 0.2) is 0 Å². The summed E-state index contributed by atoms with van der Waals surface area (Å²) >= 11 is 0. The van der Waals surface area contributed by atoms with Crippen LogP contribution >= 0.6 is 0 Å². The molecule has 0 saturated carbocycles. The molecular weight excluding hydrogens is 241 g/mol. The van der Waals surface area contributed by atoms with Gasteiger partial charge in [0, 0.05) is 12.5 Å². The van der Waals surface area contributed by atoms with Crippen LogP contribution in [0.4, 0.5) is 13.2 Å². The van der Waals surface area contributed by atoms with E-state index in [2.05, 4.69) is 9.47 Å². The van der Waals surface area contributed by atoms with E-state index < -0.39 is 36.1 Å². The number of ether oxygens (including phenoxy) is 2. The SMILES string of the molecule is COC(=O)C(C)CC1(C(F)(F)F)C=CC(=O)O1. The van der Waals surface area contributed by atoms with Crippen LogP contribution in [0.3, 0.4) is 0 Å². The van der Waals surface area contributed by atoms with Gasteiger partial charge in [-0.3, -0.25) is 4.79 Å². The second-order valence-electron chi connectivity index (χ2n) is 3.77. The van der Waals surface area contributed by atoms with Crippen molar-refractivity contribution < 1.29 is 32.2 Å². The molecule has 0 aliphatic carbocycles. The largest absolute Gasteiger partial charge is 0.469 e. The lowest BCUT2D eigenvalue weighted by molar-refractivity contribution is -0.250. The number of alkyl halides is 3. The molecule has 7 heteroatoms. The number of hydrogen-bond acceptors (Lipinski definition) is 4. The summed E-state index contributed by atoms with van der Waals surface area (Å²) in [7, 11) is 1.08. The highest BCUT2D eigenvalue weighted by Crippen LogP contribution is 2.42. The number of carbonyl (C=O) groups is 2. The lowest BCUT2D eigenvalue weighted by atomic mass is 9.91. The van der Waals surface area contributed by atoms with Gasteiger partial charge in [-0.05, 0) is 6.08 Å². The summed E-state index contributed by atoms with van der Waals surface area (Å²) in [6.07, 6.45) is -4.12. The normalized spacial score (nSPS) is 25.6. The molecule has 0 aromatic rings. The maximum atomic E-state index is 12.8. The van der Waals surface area contributed by atoms with E-state index in [1.165, 1.54) is 6.92 Å². The van der Waals surface area contributed by atoms with E-state index in [4.69, 9.17) is 0 Å². The Morgan fingerprint density at radius 3 is 2.53 bits per heavy atom. The van der Waals surface area contributed by atoms with Crippen molar-refractivity contribution in [3.05, 3.63) is 12.2 Å². The van der Waals surface area contributed by atoms with Crippen molar-refractivity contribution in [2.45, 2.75) is 25.1 Å². The topological polar surface area (TPSA) is 52.6 Å². The summed E-state index contributed by atoms with van der Waals surface area (Å²) in [5.74, 6) is -2.89. The van der Waals surface area contributed by atoms with Crippen LogP contribution in [0.5, 0.6) is 0 Å². The first-order valence-electron chi connectivity index (χ1n) is 4.78. The summed E-state index contributed by atoms with van der Waals surface area (Å²) < 4.78 is 47.1. The Kier molecular flexibility index (Phi) is 3.49. The molecule has 0 amide bonds. The molecule has 0 radical (unpaired) electrons. The van der Waals surface area contributed by atoms with Gasteiger partial charge in [-0.25, -0.2) is 4.79 Å². The number of esters is 2. The minimum atomic E-state index is -4.77. The fraction of sp³-hybridized carbons (Fsp3) is 0.600. The number of carbonyl (C=O) groups excluding carboxylic acids is 2. The van der Waals surface area contributed by atoms with Gasteiger partial charge in [-0.2, -0.15) is 13.2 Å². The fourth-order valence-electron chi connectivity index (χ4n) is 1.57. The van der Waals surface area contributed by atoms with Crippen molar-refractivity contribution in [3.8, 4) is 0 Å². The lowest BCUT2D eigenvalue weighted by Gasteiger charge is -2.30. The van der Waals surface area contributed by atoms with Crippen LogP contribution < -0.4 is 0 Å². The third-order valence-electron chi connectivity index (χ3n) is 2.46. The molecule has 0 saturated heterocycles. The lowest BCUT2D eigenvalue weighted by Crippen LogP contribution is -2.46. The van der Waals surface area contributed by atoms with Gasteiger partial charge in [0.2, 0.25) is 5.60 Å². The zero-order valence-electron chi connectivity index (χ0n) is 9.21. The van der Waals surface area contributed by atoms with Gasteiger partial charge in [0.25, 0.3) is 0 Å². The minimum Gasteiger partial charge on any atom is -0.469 e. The Hall–Kier alpha value is -1.53. The molecule has 0 aromatic carbocycles. The first kappa shape index (κ1) is 13.5. The number of hydrogen-bond donors (Lipinski definition) is 0. The second-order valence-corrected chi connectivity index (χ2v) is 3.77. The van der Waals surface area contributed by atoms with Crippen molar-refractivity contribution in [2.75, 3.05) is 7.11 Å². The second kappa shape index (κ2) is 4.38. The molecule has 96 valence electrons. The molecule has 0 fully saturated rings. The fourth-order valence-corrected chi connectivity index (χ4v) is 1.57. The number of rotatable bonds is 3. The predicted octanol–water partition coefficient (Wildman–Crippen LogP) is 1.60. The average molecular weight is 252 g/mol. The number of halogens is 3. The highest BCUT2D eigenvalue weighted by molar-refractivity contribution is 5.85. The van der Waals surface area contributed by atoms with E-state index in [0.29, 0.717) is 12.2 Å². The summed E-state index contributed by atoms with van der Waals surface area (Å²) in [4.78, 5) is 21.9. The molecule has 0 spiro atoms. The molecular formula is C10H11F3O4. The Balaban J connectivity index is 2.92. The molecule has 1 aliphatic heterocycles. The summed E-state index contributed by atoms with van der Waals surface area (Å²) in [6.45, 7) is 1.28. The van der Waals surface area contributed by atoms with Gasteiger partial charge >= 0.3 is 18.1 Å². The molecule has 17 heavy (non-hydrogen) atoms. The maximum Gasteiger partial charge on any atom is 0.432 e. The predicted molar refractivity (Wildman–Crippen MR) is 49.8 cm³/mol. The molecule has 0 N–H and O–H groups in total. The third-order valence-corrected chi connectivity index (χ3v) is 2.46. The first-order chi connectivity index (χ1) is 7.72. The van der Waals surface area contributed by atoms with E-state index in [0.717, 1.165) is 7.11 Å². The van der Waals surface area contributed by atoms with Gasteiger partial charge in [-0.1, -0.05) is 6.92 Å². The van der Waals surface area contributed by atoms with Gasteiger partial charge in [-0.15, -0.1) is 0 Å². The van der Waals surface area contributed by atoms with Gasteiger partial charge in [0.1, 0.15) is 0 Å². The monoisotopic (exact) mass is 252 g/mol. The van der Waals surface area contributed by atoms with Crippen molar-refractivity contribution in [2.24, 2.45) is 5.92 Å². The smallest absolute Gasteiger partial charge is 0.432 e. The minimum absolute atomic E-state index is 0.634. The van der Waals surface area contributed by atoms with Crippen LogP contribution in [-0.2, 0) is 19.1 Å². The van der Waals surface area contributed by atoms with Crippen LogP contribution in [0.2, 0.25) is 0 Å². The van der Waals surface area contributed by atoms with Crippen LogP contribution in [0.15, 0.2) is 12.2 Å². The number of cyclic esters (lactones) is 1. The highest BCUT2D eigenvalue weighted by Gasteiger charge is 2.59. The molecule has 1 rings (SSSR count). The van der Waals surface area contributed by atoms with E-state index in [-0.39, 0.29) is 0 Å². The third kappa shape index (κ3) is 2.59. The molecule has 2 unspecified atom stereocenters. The van der Waals surface area contributed by atoms with E-state index in [1.807, 2.05) is 0 Å². The quantitative estimate of drug-likeness (QED) is 0.716. The van der Waals surface area contributed by atoms with E-state index >= 15 is 0 Å². The Labute approximate surface area is 95.4 Å². The van der Waals surface area contributed by atoms with E-state index in [1.54, 1.807) is 0 Å². The summed E-state index contributed by atoms with van der Waals surface area (Å²) in [5, 5.41) is 0. The van der Waals surface area contributed by atoms with Crippen molar-refractivity contribution >= 4 is 11.9 Å². The van der Waals surface area contributed by atoms with Crippen molar-refractivity contribution in [1.82, 2.24) is 0 Å². The van der Waals surface area contributed by atoms with Crippen molar-refractivity contribution in [3.63, 3.8) is 0 Å². The molecule has 0 aromatic heterocycles. The summed E-state index contributed by atoms with van der Waals surface area (Å²) in [6, 6.07) is 0. The maximum absolute atomic E-state index is 12.8. The standard InChI is InChI=1S/C10H11F3O4/c1-6(8(15)16-2)5-9(10(11,12)13)4-3-7(14)17-9/h3-4,6H,5H2,1-2H3. The Bertz CT molecular complexity index is 361. The van der Waals surface area contributed by atoms with E-state index in [9.17, 15) is 22.8 Å². The Morgan fingerprint density at radius 1 is 1.59 bits per heavy atom. The van der Waals surface area contributed by atoms with Crippen LogP contribution in [-0.4, -0.2) is 30.8 Å². The average Bonchev–Trinajstić information content (AvgIpc) is 2.59. The van der Waals surface area contributed by atoms with Gasteiger partial charge < -0.3 is 9.47 Å². The molecule has 1 heterocycles. The molecule has 1 aliphatic rings. The van der Waals surface area contributed by atoms with Crippen molar-refractivity contribution in [1.29, 1.82) is 0 Å². The summed E-state index contributed by atoms with van der Waals surface area (Å²) in [5.41, 5.74) is -2.72.